The van der Waals surface area contributed by atoms with Crippen molar-refractivity contribution in [3.8, 4) is 5.75 Å². The highest BCUT2D eigenvalue weighted by molar-refractivity contribution is 5.81. The van der Waals surface area contributed by atoms with E-state index in [4.69, 9.17) is 4.74 Å². The summed E-state index contributed by atoms with van der Waals surface area (Å²) in [6, 6.07) is 4.90. The van der Waals surface area contributed by atoms with Crippen molar-refractivity contribution in [3.05, 3.63) is 29.6 Å². The standard InChI is InChI=1S/C19H31FN4O2/c1-7-21-18(23-11-10-22-17(25)19(2,3)4)24(5)13-14-8-9-16(26-6)15(20)12-14/h8-9,12H,7,10-11,13H2,1-6H3,(H,21,23)(H,22,25). The smallest absolute Gasteiger partial charge is 0.225 e. The number of methoxy groups -OCH3 is 1. The van der Waals surface area contributed by atoms with Crippen LogP contribution in [0.25, 0.3) is 0 Å². The predicted molar refractivity (Wildman–Crippen MR) is 103 cm³/mol. The van der Waals surface area contributed by atoms with Crippen molar-refractivity contribution < 1.29 is 13.9 Å². The van der Waals surface area contributed by atoms with Crippen LogP contribution in [0.15, 0.2) is 23.2 Å². The molecule has 0 bridgehead atoms. The molecule has 0 heterocycles. The highest BCUT2D eigenvalue weighted by Crippen LogP contribution is 2.18. The molecule has 0 unspecified atom stereocenters. The summed E-state index contributed by atoms with van der Waals surface area (Å²) in [5.41, 5.74) is 0.404. The molecule has 0 saturated heterocycles. The van der Waals surface area contributed by atoms with Gasteiger partial charge >= 0.3 is 0 Å². The van der Waals surface area contributed by atoms with Crippen LogP contribution in [0.3, 0.4) is 0 Å². The van der Waals surface area contributed by atoms with Crippen LogP contribution >= 0.6 is 0 Å². The van der Waals surface area contributed by atoms with Gasteiger partial charge in [-0.05, 0) is 24.6 Å². The average molecular weight is 366 g/mol. The van der Waals surface area contributed by atoms with E-state index in [1.807, 2.05) is 45.7 Å². The van der Waals surface area contributed by atoms with Gasteiger partial charge in [-0.1, -0.05) is 26.8 Å². The lowest BCUT2D eigenvalue weighted by Gasteiger charge is -2.22. The topological polar surface area (TPSA) is 66.0 Å². The largest absolute Gasteiger partial charge is 0.494 e. The summed E-state index contributed by atoms with van der Waals surface area (Å²) in [5, 5.41) is 6.08. The fourth-order valence-corrected chi connectivity index (χ4v) is 2.22. The van der Waals surface area contributed by atoms with Crippen LogP contribution in [-0.4, -0.2) is 50.6 Å². The van der Waals surface area contributed by atoms with Gasteiger partial charge in [-0.3, -0.25) is 9.79 Å². The Bertz CT molecular complexity index is 626. The van der Waals surface area contributed by atoms with Gasteiger partial charge in [-0.25, -0.2) is 4.39 Å². The van der Waals surface area contributed by atoms with Crippen LogP contribution in [0.4, 0.5) is 4.39 Å². The molecule has 146 valence electrons. The zero-order valence-electron chi connectivity index (χ0n) is 16.6. The fourth-order valence-electron chi connectivity index (χ4n) is 2.22. The van der Waals surface area contributed by atoms with E-state index in [0.717, 1.165) is 5.56 Å². The molecular weight excluding hydrogens is 335 g/mol. The third-order valence-corrected chi connectivity index (χ3v) is 3.67. The number of nitrogens with one attached hydrogen (secondary N) is 2. The van der Waals surface area contributed by atoms with E-state index in [1.165, 1.54) is 13.2 Å². The molecule has 7 heteroatoms. The number of ether oxygens (including phenoxy) is 1. The number of amides is 1. The zero-order valence-corrected chi connectivity index (χ0v) is 16.6. The van der Waals surface area contributed by atoms with Gasteiger partial charge in [-0.2, -0.15) is 0 Å². The van der Waals surface area contributed by atoms with Crippen LogP contribution in [0.1, 0.15) is 33.3 Å². The molecule has 0 aromatic heterocycles. The number of nitrogens with zero attached hydrogens (tertiary/aromatic N) is 2. The van der Waals surface area contributed by atoms with Gasteiger partial charge in [0.25, 0.3) is 0 Å². The summed E-state index contributed by atoms with van der Waals surface area (Å²) in [6.45, 7) is 9.75. The lowest BCUT2D eigenvalue weighted by molar-refractivity contribution is -0.128. The van der Waals surface area contributed by atoms with Crippen LogP contribution < -0.4 is 15.4 Å². The van der Waals surface area contributed by atoms with Crippen molar-refractivity contribution in [2.75, 3.05) is 33.8 Å². The molecule has 0 saturated carbocycles. The summed E-state index contributed by atoms with van der Waals surface area (Å²) in [5.74, 6) is 0.547. The number of carbonyl (C=O) groups is 1. The molecule has 0 spiro atoms. The molecule has 1 rings (SSSR count). The second-order valence-electron chi connectivity index (χ2n) is 7.07. The van der Waals surface area contributed by atoms with Gasteiger partial charge in [0.2, 0.25) is 5.91 Å². The number of benzene rings is 1. The fraction of sp³-hybridized carbons (Fsp3) is 0.579. The van der Waals surface area contributed by atoms with Crippen LogP contribution in [0.5, 0.6) is 5.75 Å². The van der Waals surface area contributed by atoms with Gasteiger partial charge < -0.3 is 20.3 Å². The molecule has 1 aromatic rings. The summed E-state index contributed by atoms with van der Waals surface area (Å²) < 4.78 is 18.8. The Kier molecular flexibility index (Phi) is 8.35. The molecule has 0 atom stereocenters. The summed E-state index contributed by atoms with van der Waals surface area (Å²) in [4.78, 5) is 18.3. The van der Waals surface area contributed by atoms with E-state index in [0.29, 0.717) is 32.1 Å². The number of hydrogen-bond acceptors (Lipinski definition) is 3. The first-order chi connectivity index (χ1) is 12.2. The first-order valence-electron chi connectivity index (χ1n) is 8.79. The number of hydrogen-bond donors (Lipinski definition) is 2. The van der Waals surface area contributed by atoms with Crippen molar-refractivity contribution in [1.29, 1.82) is 0 Å². The minimum atomic E-state index is -0.413. The van der Waals surface area contributed by atoms with Gasteiger partial charge in [0.15, 0.2) is 17.5 Å². The Hall–Kier alpha value is -2.31. The number of carbonyl (C=O) groups excluding carboxylic acids is 1. The number of rotatable bonds is 7. The molecular formula is C19H31FN4O2. The number of aliphatic imine (C=N–C) groups is 1. The predicted octanol–water partition coefficient (Wildman–Crippen LogP) is 2.39. The second-order valence-corrected chi connectivity index (χ2v) is 7.07. The highest BCUT2D eigenvalue weighted by Gasteiger charge is 2.20. The van der Waals surface area contributed by atoms with Gasteiger partial charge in [0, 0.05) is 32.1 Å². The normalized spacial score (nSPS) is 11.9. The summed E-state index contributed by atoms with van der Waals surface area (Å²) in [6.07, 6.45) is 0. The molecule has 0 radical (unpaired) electrons. The van der Waals surface area contributed by atoms with Crippen LogP contribution in [0, 0.1) is 11.2 Å². The third kappa shape index (κ3) is 6.90. The molecule has 26 heavy (non-hydrogen) atoms. The van der Waals surface area contributed by atoms with Crippen LogP contribution in [-0.2, 0) is 11.3 Å². The maximum absolute atomic E-state index is 13.8. The minimum absolute atomic E-state index is 0.000219. The first kappa shape index (κ1) is 21.7. The van der Waals surface area contributed by atoms with Crippen molar-refractivity contribution in [1.82, 2.24) is 15.5 Å². The van der Waals surface area contributed by atoms with Crippen molar-refractivity contribution in [3.63, 3.8) is 0 Å². The lowest BCUT2D eigenvalue weighted by Crippen LogP contribution is -2.40. The molecule has 1 aromatic carbocycles. The molecule has 6 nitrogen and oxygen atoms in total. The van der Waals surface area contributed by atoms with Crippen LogP contribution in [0.2, 0.25) is 0 Å². The average Bonchev–Trinajstić information content (AvgIpc) is 2.56. The Balaban J connectivity index is 2.66. The molecule has 0 aliphatic heterocycles. The Morgan fingerprint density at radius 2 is 2.00 bits per heavy atom. The maximum Gasteiger partial charge on any atom is 0.225 e. The molecule has 2 N–H and O–H groups in total. The first-order valence-corrected chi connectivity index (χ1v) is 8.79. The molecule has 0 aliphatic rings. The Labute approximate surface area is 155 Å². The molecule has 0 aliphatic carbocycles. The number of halogens is 1. The van der Waals surface area contributed by atoms with Gasteiger partial charge in [0.1, 0.15) is 0 Å². The maximum atomic E-state index is 13.8. The zero-order chi connectivity index (χ0) is 19.7. The number of guanidine groups is 1. The lowest BCUT2D eigenvalue weighted by atomic mass is 9.96. The second kappa shape index (κ2) is 9.99. The van der Waals surface area contributed by atoms with E-state index in [-0.39, 0.29) is 17.5 Å². The Morgan fingerprint density at radius 1 is 1.31 bits per heavy atom. The molecule has 0 fully saturated rings. The van der Waals surface area contributed by atoms with Crippen molar-refractivity contribution in [2.24, 2.45) is 10.4 Å². The van der Waals surface area contributed by atoms with Gasteiger partial charge in [-0.15, -0.1) is 0 Å². The monoisotopic (exact) mass is 366 g/mol. The summed E-state index contributed by atoms with van der Waals surface area (Å²) >= 11 is 0. The van der Waals surface area contributed by atoms with Gasteiger partial charge in [0.05, 0.1) is 13.7 Å². The highest BCUT2D eigenvalue weighted by atomic mass is 19.1. The van der Waals surface area contributed by atoms with E-state index >= 15 is 0 Å². The van der Waals surface area contributed by atoms with Crippen molar-refractivity contribution in [2.45, 2.75) is 34.2 Å². The molecule has 1 amide bonds. The van der Waals surface area contributed by atoms with E-state index in [9.17, 15) is 9.18 Å². The minimum Gasteiger partial charge on any atom is -0.494 e. The quantitative estimate of drug-likeness (QED) is 0.442. The summed E-state index contributed by atoms with van der Waals surface area (Å²) in [7, 11) is 3.33. The van der Waals surface area contributed by atoms with E-state index in [1.54, 1.807) is 6.07 Å². The third-order valence-electron chi connectivity index (χ3n) is 3.67. The SMILES string of the molecule is CCNC(=NCCNC(=O)C(C)(C)C)N(C)Cc1ccc(OC)c(F)c1. The van der Waals surface area contributed by atoms with E-state index in [2.05, 4.69) is 15.6 Å². The van der Waals surface area contributed by atoms with Crippen molar-refractivity contribution >= 4 is 11.9 Å². The Morgan fingerprint density at radius 3 is 2.54 bits per heavy atom. The van der Waals surface area contributed by atoms with E-state index < -0.39 is 5.41 Å².